The Balaban J connectivity index is 1.59. The molecule has 10 heteroatoms. The first-order valence-corrected chi connectivity index (χ1v) is 9.09. The zero-order chi connectivity index (χ0) is 19.2. The van der Waals surface area contributed by atoms with Gasteiger partial charge in [0.2, 0.25) is 5.13 Å². The van der Waals surface area contributed by atoms with Gasteiger partial charge in [-0.1, -0.05) is 70.9 Å². The summed E-state index contributed by atoms with van der Waals surface area (Å²) in [6.45, 7) is 0. The van der Waals surface area contributed by atoms with Crippen molar-refractivity contribution in [2.24, 2.45) is 5.10 Å². The molecule has 0 unspecified atom stereocenters. The molecule has 0 fully saturated rings. The molecule has 0 aliphatic heterocycles. The maximum Gasteiger partial charge on any atom is 0.329 e. The lowest BCUT2D eigenvalue weighted by Crippen LogP contribution is -2.32. The van der Waals surface area contributed by atoms with Gasteiger partial charge in [-0.3, -0.25) is 14.9 Å². The van der Waals surface area contributed by atoms with Gasteiger partial charge >= 0.3 is 11.8 Å². The Labute approximate surface area is 168 Å². The lowest BCUT2D eigenvalue weighted by atomic mass is 10.2. The van der Waals surface area contributed by atoms with Gasteiger partial charge in [0, 0.05) is 11.1 Å². The number of carbonyl (C=O) groups excluding carboxylic acids is 2. The third-order valence-electron chi connectivity index (χ3n) is 3.23. The molecule has 0 atom stereocenters. The third-order valence-corrected chi connectivity index (χ3v) is 4.78. The zero-order valence-corrected chi connectivity index (χ0v) is 15.8. The number of halogens is 2. The predicted molar refractivity (Wildman–Crippen MR) is 106 cm³/mol. The van der Waals surface area contributed by atoms with Crippen LogP contribution in [0.3, 0.4) is 0 Å². The van der Waals surface area contributed by atoms with Gasteiger partial charge in [-0.25, -0.2) is 5.43 Å². The lowest BCUT2D eigenvalue weighted by Gasteiger charge is -2.01. The fourth-order valence-corrected chi connectivity index (χ4v) is 3.20. The van der Waals surface area contributed by atoms with E-state index in [1.165, 1.54) is 6.21 Å². The molecule has 0 saturated heterocycles. The molecule has 3 aromatic rings. The molecule has 2 aromatic carbocycles. The molecule has 0 spiro atoms. The lowest BCUT2D eigenvalue weighted by molar-refractivity contribution is -0.136. The van der Waals surface area contributed by atoms with Gasteiger partial charge in [-0.05, 0) is 12.1 Å². The fraction of sp³-hybridized carbons (Fsp3) is 0. The van der Waals surface area contributed by atoms with Crippen LogP contribution in [0.25, 0.3) is 10.6 Å². The van der Waals surface area contributed by atoms with Crippen LogP contribution >= 0.6 is 34.5 Å². The van der Waals surface area contributed by atoms with Crippen molar-refractivity contribution in [1.82, 2.24) is 15.6 Å². The largest absolute Gasteiger partial charge is 0.329 e. The predicted octanol–water partition coefficient (Wildman–Crippen LogP) is 3.60. The normalized spacial score (nSPS) is 10.7. The fourth-order valence-electron chi connectivity index (χ4n) is 1.97. The first-order valence-electron chi connectivity index (χ1n) is 7.52. The van der Waals surface area contributed by atoms with Crippen molar-refractivity contribution >= 4 is 57.7 Å². The van der Waals surface area contributed by atoms with Crippen LogP contribution in [-0.2, 0) is 9.59 Å². The molecule has 7 nitrogen and oxygen atoms in total. The van der Waals surface area contributed by atoms with E-state index >= 15 is 0 Å². The molecular formula is C17H11Cl2N5O2S. The van der Waals surface area contributed by atoms with Crippen LogP contribution in [0.4, 0.5) is 5.13 Å². The van der Waals surface area contributed by atoms with Gasteiger partial charge in [0.05, 0.1) is 16.3 Å². The zero-order valence-electron chi connectivity index (χ0n) is 13.5. The highest BCUT2D eigenvalue weighted by molar-refractivity contribution is 7.18. The van der Waals surface area contributed by atoms with Crippen LogP contribution < -0.4 is 10.7 Å². The first kappa shape index (κ1) is 19.0. The van der Waals surface area contributed by atoms with E-state index in [2.05, 4.69) is 26.0 Å². The average Bonchev–Trinajstić information content (AvgIpc) is 3.13. The minimum Gasteiger partial charge on any atom is -0.292 e. The molecule has 3 rings (SSSR count). The van der Waals surface area contributed by atoms with Crippen LogP contribution in [0.5, 0.6) is 0 Å². The summed E-state index contributed by atoms with van der Waals surface area (Å²) >= 11 is 13.1. The molecule has 1 heterocycles. The van der Waals surface area contributed by atoms with Gasteiger partial charge in [-0.15, -0.1) is 10.2 Å². The van der Waals surface area contributed by atoms with Crippen molar-refractivity contribution in [1.29, 1.82) is 0 Å². The highest BCUT2D eigenvalue weighted by atomic mass is 35.5. The minimum atomic E-state index is -0.967. The number of benzene rings is 2. The SMILES string of the molecule is O=C(N/N=C/c1c(Cl)cccc1Cl)C(=O)Nc1nnc(-c2ccccc2)s1. The second kappa shape index (κ2) is 8.72. The van der Waals surface area contributed by atoms with Gasteiger partial charge in [-0.2, -0.15) is 5.10 Å². The van der Waals surface area contributed by atoms with E-state index in [1.54, 1.807) is 18.2 Å². The second-order valence-electron chi connectivity index (χ2n) is 5.07. The number of hydrogen-bond donors (Lipinski definition) is 2. The van der Waals surface area contributed by atoms with Crippen molar-refractivity contribution in [2.45, 2.75) is 0 Å². The second-order valence-corrected chi connectivity index (χ2v) is 6.86. The summed E-state index contributed by atoms with van der Waals surface area (Å²) < 4.78 is 0. The number of anilines is 1. The summed E-state index contributed by atoms with van der Waals surface area (Å²) in [6.07, 6.45) is 1.26. The third kappa shape index (κ3) is 4.88. The number of nitrogens with zero attached hydrogens (tertiary/aromatic N) is 3. The molecular weight excluding hydrogens is 409 g/mol. The van der Waals surface area contributed by atoms with Gasteiger partial charge < -0.3 is 0 Å². The van der Waals surface area contributed by atoms with Crippen molar-refractivity contribution in [2.75, 3.05) is 5.32 Å². The number of aromatic nitrogens is 2. The maximum absolute atomic E-state index is 11.9. The molecule has 2 N–H and O–H groups in total. The molecule has 0 saturated carbocycles. The number of amides is 2. The van der Waals surface area contributed by atoms with Crippen molar-refractivity contribution < 1.29 is 9.59 Å². The van der Waals surface area contributed by atoms with Crippen LogP contribution in [0.15, 0.2) is 53.6 Å². The van der Waals surface area contributed by atoms with Gasteiger partial charge in [0.1, 0.15) is 5.01 Å². The molecule has 0 aliphatic carbocycles. The van der Waals surface area contributed by atoms with E-state index in [0.29, 0.717) is 20.6 Å². The smallest absolute Gasteiger partial charge is 0.292 e. The maximum atomic E-state index is 11.9. The molecule has 0 bridgehead atoms. The summed E-state index contributed by atoms with van der Waals surface area (Å²) in [7, 11) is 0. The van der Waals surface area contributed by atoms with E-state index in [4.69, 9.17) is 23.2 Å². The minimum absolute atomic E-state index is 0.201. The van der Waals surface area contributed by atoms with Crippen LogP contribution in [0.2, 0.25) is 10.0 Å². The van der Waals surface area contributed by atoms with Crippen LogP contribution in [0, 0.1) is 0 Å². The summed E-state index contributed by atoms with van der Waals surface area (Å²) in [5.74, 6) is -1.89. The first-order chi connectivity index (χ1) is 13.0. The summed E-state index contributed by atoms with van der Waals surface area (Å²) in [4.78, 5) is 23.8. The topological polar surface area (TPSA) is 96.3 Å². The summed E-state index contributed by atoms with van der Waals surface area (Å²) in [6, 6.07) is 14.3. The van der Waals surface area contributed by atoms with Crippen molar-refractivity contribution in [3.63, 3.8) is 0 Å². The quantitative estimate of drug-likeness (QED) is 0.383. The number of rotatable bonds is 4. The molecule has 0 aliphatic rings. The summed E-state index contributed by atoms with van der Waals surface area (Å²) in [5.41, 5.74) is 3.39. The number of hydrazone groups is 1. The van der Waals surface area contributed by atoms with Gasteiger partial charge in [0.15, 0.2) is 0 Å². The highest BCUT2D eigenvalue weighted by Gasteiger charge is 2.16. The van der Waals surface area contributed by atoms with E-state index < -0.39 is 11.8 Å². The average molecular weight is 420 g/mol. The Morgan fingerprint density at radius 2 is 1.67 bits per heavy atom. The highest BCUT2D eigenvalue weighted by Crippen LogP contribution is 2.25. The number of hydrogen-bond acceptors (Lipinski definition) is 6. The number of nitrogens with one attached hydrogen (secondary N) is 2. The van der Waals surface area contributed by atoms with Crippen molar-refractivity contribution in [3.8, 4) is 10.6 Å². The molecule has 27 heavy (non-hydrogen) atoms. The monoisotopic (exact) mass is 419 g/mol. The molecule has 0 radical (unpaired) electrons. The van der Waals surface area contributed by atoms with Crippen molar-refractivity contribution in [3.05, 3.63) is 64.1 Å². The Morgan fingerprint density at radius 1 is 0.963 bits per heavy atom. The standard InChI is InChI=1S/C17H11Cl2N5O2S/c18-12-7-4-8-13(19)11(12)9-20-22-15(26)14(25)21-17-24-23-16(27-17)10-5-2-1-3-6-10/h1-9H,(H,22,26)(H,21,24,25)/b20-9+. The Kier molecular flexibility index (Phi) is 6.12. The number of carbonyl (C=O) groups is 2. The van der Waals surface area contributed by atoms with E-state index in [1.807, 2.05) is 30.3 Å². The Hall–Kier alpha value is -2.81. The van der Waals surface area contributed by atoms with Crippen LogP contribution in [0.1, 0.15) is 5.56 Å². The van der Waals surface area contributed by atoms with Gasteiger partial charge in [0.25, 0.3) is 0 Å². The van der Waals surface area contributed by atoms with E-state index in [0.717, 1.165) is 16.9 Å². The Bertz CT molecular complexity index is 987. The molecule has 2 amide bonds. The Morgan fingerprint density at radius 3 is 2.37 bits per heavy atom. The van der Waals surface area contributed by atoms with Crippen LogP contribution in [-0.4, -0.2) is 28.2 Å². The van der Waals surface area contributed by atoms with E-state index in [-0.39, 0.29) is 5.13 Å². The summed E-state index contributed by atoms with van der Waals surface area (Å²) in [5, 5.41) is 15.5. The molecule has 136 valence electrons. The van der Waals surface area contributed by atoms with E-state index in [9.17, 15) is 9.59 Å². The molecule has 1 aromatic heterocycles.